The van der Waals surface area contributed by atoms with Crippen molar-refractivity contribution in [2.75, 3.05) is 0 Å². The molecule has 0 saturated carbocycles. The minimum Gasteiger partial charge on any atom is -0.452 e. The lowest BCUT2D eigenvalue weighted by atomic mass is 9.81. The molecule has 3 nitrogen and oxygen atoms in total. The van der Waals surface area contributed by atoms with E-state index in [0.29, 0.717) is 24.8 Å². The number of esters is 1. The molecule has 2 rings (SSSR count). The molecule has 2 unspecified atom stereocenters. The van der Waals surface area contributed by atoms with Crippen LogP contribution in [0.5, 0.6) is 0 Å². The smallest absolute Gasteiger partial charge is 0.425 e. The van der Waals surface area contributed by atoms with Gasteiger partial charge in [-0.25, -0.2) is 0 Å². The Morgan fingerprint density at radius 1 is 1.39 bits per heavy atom. The molecule has 0 bridgehead atoms. The molecular weight excluding hydrogens is 309 g/mol. The molecule has 0 saturated heterocycles. The summed E-state index contributed by atoms with van der Waals surface area (Å²) in [5.74, 6) is -1.91. The van der Waals surface area contributed by atoms with Gasteiger partial charge in [-0.05, 0) is 36.8 Å². The maximum absolute atomic E-state index is 13.0. The Labute approximate surface area is 133 Å². The largest absolute Gasteiger partial charge is 0.452 e. The minimum atomic E-state index is -4.58. The Morgan fingerprint density at radius 3 is 2.74 bits per heavy atom. The lowest BCUT2D eigenvalue weighted by Gasteiger charge is -2.30. The van der Waals surface area contributed by atoms with Crippen LogP contribution in [0.15, 0.2) is 24.3 Å². The number of aryl methyl sites for hydroxylation is 1. The molecule has 1 N–H and O–H groups in total. The number of ether oxygens (including phenoxy) is 1. The van der Waals surface area contributed by atoms with Crippen LogP contribution in [-0.4, -0.2) is 23.4 Å². The minimum absolute atomic E-state index is 0.245. The Kier molecular flexibility index (Phi) is 5.68. The molecule has 3 atom stereocenters. The summed E-state index contributed by atoms with van der Waals surface area (Å²) in [5.41, 5.74) is 1.51. The van der Waals surface area contributed by atoms with Crippen LogP contribution in [0.25, 0.3) is 0 Å². The first-order valence-corrected chi connectivity index (χ1v) is 7.87. The van der Waals surface area contributed by atoms with Gasteiger partial charge in [0.25, 0.3) is 0 Å². The number of fused-ring (bicyclic) bond motifs is 1. The van der Waals surface area contributed by atoms with Crippen LogP contribution in [-0.2, 0) is 16.0 Å². The molecule has 1 aliphatic carbocycles. The first-order valence-electron chi connectivity index (χ1n) is 7.87. The number of alkyl halides is 3. The lowest BCUT2D eigenvalue weighted by molar-refractivity contribution is -0.226. The van der Waals surface area contributed by atoms with Gasteiger partial charge in [-0.3, -0.25) is 4.79 Å². The maximum atomic E-state index is 13.0. The third-order valence-corrected chi connectivity index (χ3v) is 4.23. The first kappa shape index (κ1) is 17.8. The van der Waals surface area contributed by atoms with Gasteiger partial charge in [0.15, 0.2) is 6.10 Å². The molecule has 0 spiro atoms. The number of unbranched alkanes of at least 4 members (excludes halogenated alkanes) is 1. The van der Waals surface area contributed by atoms with Crippen molar-refractivity contribution in [1.82, 2.24) is 0 Å². The van der Waals surface area contributed by atoms with E-state index in [9.17, 15) is 23.1 Å². The van der Waals surface area contributed by atoms with Crippen molar-refractivity contribution in [3.63, 3.8) is 0 Å². The van der Waals surface area contributed by atoms with E-state index in [4.69, 9.17) is 4.74 Å². The maximum Gasteiger partial charge on any atom is 0.425 e. The fraction of sp³-hybridized carbons (Fsp3) is 0.588. The zero-order chi connectivity index (χ0) is 17.0. The van der Waals surface area contributed by atoms with Crippen LogP contribution < -0.4 is 0 Å². The summed E-state index contributed by atoms with van der Waals surface area (Å²) >= 11 is 0. The molecule has 0 amide bonds. The first-order chi connectivity index (χ1) is 10.8. The Bertz CT molecular complexity index is 542. The Morgan fingerprint density at radius 2 is 2.09 bits per heavy atom. The number of hydrogen-bond donors (Lipinski definition) is 1. The summed E-state index contributed by atoms with van der Waals surface area (Å²) in [6, 6.07) is 7.10. The van der Waals surface area contributed by atoms with Gasteiger partial charge in [-0.1, -0.05) is 37.6 Å². The van der Waals surface area contributed by atoms with Crippen molar-refractivity contribution in [2.45, 2.75) is 57.4 Å². The highest BCUT2D eigenvalue weighted by molar-refractivity contribution is 5.74. The van der Waals surface area contributed by atoms with Crippen molar-refractivity contribution in [3.8, 4) is 0 Å². The van der Waals surface area contributed by atoms with E-state index in [1.54, 1.807) is 19.1 Å². The van der Waals surface area contributed by atoms with Gasteiger partial charge in [-0.15, -0.1) is 0 Å². The SMILES string of the molecule is CCCC[C@@H](OC(=O)C1CCc2ccccc2C1O)C(F)(F)F. The molecule has 6 heteroatoms. The van der Waals surface area contributed by atoms with E-state index in [1.807, 2.05) is 12.1 Å². The topological polar surface area (TPSA) is 46.5 Å². The number of carbonyl (C=O) groups excluding carboxylic acids is 1. The van der Waals surface area contributed by atoms with E-state index in [0.717, 1.165) is 5.56 Å². The number of halogens is 3. The summed E-state index contributed by atoms with van der Waals surface area (Å²) in [5, 5.41) is 10.3. The van der Waals surface area contributed by atoms with Crippen LogP contribution in [0.4, 0.5) is 13.2 Å². The number of carbonyl (C=O) groups is 1. The summed E-state index contributed by atoms with van der Waals surface area (Å²) in [4.78, 5) is 12.2. The van der Waals surface area contributed by atoms with E-state index in [-0.39, 0.29) is 12.8 Å². The summed E-state index contributed by atoms with van der Waals surface area (Å²) in [6.07, 6.45) is -6.30. The van der Waals surface area contributed by atoms with Gasteiger partial charge in [0, 0.05) is 0 Å². The van der Waals surface area contributed by atoms with Crippen LogP contribution in [0, 0.1) is 5.92 Å². The van der Waals surface area contributed by atoms with Gasteiger partial charge in [-0.2, -0.15) is 13.2 Å². The number of aliphatic hydroxyl groups excluding tert-OH is 1. The van der Waals surface area contributed by atoms with Gasteiger partial charge < -0.3 is 9.84 Å². The highest BCUT2D eigenvalue weighted by atomic mass is 19.4. The summed E-state index contributed by atoms with van der Waals surface area (Å²) < 4.78 is 43.6. The normalized spacial score (nSPS) is 22.3. The summed E-state index contributed by atoms with van der Waals surface area (Å²) in [6.45, 7) is 1.77. The quantitative estimate of drug-likeness (QED) is 0.832. The highest BCUT2D eigenvalue weighted by Crippen LogP contribution is 2.36. The molecule has 0 radical (unpaired) electrons. The average Bonchev–Trinajstić information content (AvgIpc) is 2.50. The second-order valence-electron chi connectivity index (χ2n) is 5.90. The third-order valence-electron chi connectivity index (χ3n) is 4.23. The van der Waals surface area contributed by atoms with E-state index >= 15 is 0 Å². The van der Waals surface area contributed by atoms with Crippen molar-refractivity contribution >= 4 is 5.97 Å². The molecule has 0 aliphatic heterocycles. The fourth-order valence-electron chi connectivity index (χ4n) is 2.89. The van der Waals surface area contributed by atoms with Gasteiger partial charge in [0.05, 0.1) is 12.0 Å². The third kappa shape index (κ3) is 4.25. The zero-order valence-corrected chi connectivity index (χ0v) is 13.0. The van der Waals surface area contributed by atoms with E-state index in [1.165, 1.54) is 0 Å². The second-order valence-corrected chi connectivity index (χ2v) is 5.90. The number of aliphatic hydroxyl groups is 1. The number of hydrogen-bond acceptors (Lipinski definition) is 3. The van der Waals surface area contributed by atoms with Gasteiger partial charge in [0.1, 0.15) is 0 Å². The molecule has 128 valence electrons. The standard InChI is InChI=1S/C17H21F3O3/c1-2-3-8-14(17(18,19)20)23-16(22)13-10-9-11-6-4-5-7-12(11)15(13)21/h4-7,13-15,21H,2-3,8-10H2,1H3/t13?,14-,15?/m1/s1. The van der Waals surface area contributed by atoms with Crippen LogP contribution in [0.1, 0.15) is 49.8 Å². The molecule has 0 fully saturated rings. The van der Waals surface area contributed by atoms with Crippen molar-refractivity contribution < 1.29 is 27.8 Å². The van der Waals surface area contributed by atoms with Crippen molar-refractivity contribution in [2.24, 2.45) is 5.92 Å². The van der Waals surface area contributed by atoms with Crippen LogP contribution >= 0.6 is 0 Å². The molecule has 1 aliphatic rings. The Hall–Kier alpha value is -1.56. The van der Waals surface area contributed by atoms with Gasteiger partial charge in [0.2, 0.25) is 0 Å². The van der Waals surface area contributed by atoms with Crippen LogP contribution in [0.3, 0.4) is 0 Å². The monoisotopic (exact) mass is 330 g/mol. The van der Waals surface area contributed by atoms with Crippen molar-refractivity contribution in [3.05, 3.63) is 35.4 Å². The molecule has 23 heavy (non-hydrogen) atoms. The average molecular weight is 330 g/mol. The van der Waals surface area contributed by atoms with Crippen molar-refractivity contribution in [1.29, 1.82) is 0 Å². The lowest BCUT2D eigenvalue weighted by Crippen LogP contribution is -2.38. The molecular formula is C17H21F3O3. The molecule has 1 aromatic carbocycles. The van der Waals surface area contributed by atoms with E-state index < -0.39 is 30.3 Å². The van der Waals surface area contributed by atoms with Crippen LogP contribution in [0.2, 0.25) is 0 Å². The summed E-state index contributed by atoms with van der Waals surface area (Å²) in [7, 11) is 0. The predicted molar refractivity (Wildman–Crippen MR) is 78.7 cm³/mol. The fourth-order valence-corrected chi connectivity index (χ4v) is 2.89. The molecule has 0 aromatic heterocycles. The number of rotatable bonds is 5. The Balaban J connectivity index is 2.08. The molecule has 1 aromatic rings. The van der Waals surface area contributed by atoms with Gasteiger partial charge >= 0.3 is 12.1 Å². The number of benzene rings is 1. The van der Waals surface area contributed by atoms with E-state index in [2.05, 4.69) is 0 Å². The molecule has 0 heterocycles. The zero-order valence-electron chi connectivity index (χ0n) is 13.0. The predicted octanol–water partition coefficient (Wildman–Crippen LogP) is 3.95. The highest BCUT2D eigenvalue weighted by Gasteiger charge is 2.44. The second kappa shape index (κ2) is 7.34.